The van der Waals surface area contributed by atoms with Gasteiger partial charge in [0.05, 0.1) is 0 Å². The zero-order valence-corrected chi connectivity index (χ0v) is 10.1. The summed E-state index contributed by atoms with van der Waals surface area (Å²) in [6.07, 6.45) is 1.13. The number of rotatable bonds is 4. The predicted molar refractivity (Wildman–Crippen MR) is 59.7 cm³/mol. The van der Waals surface area contributed by atoms with Crippen LogP contribution in [-0.4, -0.2) is 16.9 Å². The summed E-state index contributed by atoms with van der Waals surface area (Å²) in [7, 11) is 1.42. The van der Waals surface area contributed by atoms with Crippen LogP contribution in [-0.2, 0) is 10.8 Å². The van der Waals surface area contributed by atoms with Crippen LogP contribution in [0.2, 0.25) is 5.04 Å². The Morgan fingerprint density at radius 2 is 1.85 bits per heavy atom. The molecular formula is C11H18OSi. The summed E-state index contributed by atoms with van der Waals surface area (Å²) in [6.45, 7) is 4.57. The summed E-state index contributed by atoms with van der Waals surface area (Å²) in [5.41, 5.74) is 1.41. The fourth-order valence-corrected chi connectivity index (χ4v) is 2.76. The molecule has 0 aromatic heterocycles. The number of hydrogen-bond donors (Lipinski definition) is 0. The van der Waals surface area contributed by atoms with Crippen LogP contribution in [0.4, 0.5) is 0 Å². The van der Waals surface area contributed by atoms with Gasteiger partial charge in [-0.2, -0.15) is 0 Å². The average Bonchev–Trinajstić information content (AvgIpc) is 2.04. The molecule has 0 fully saturated rings. The molecule has 0 bridgehead atoms. The van der Waals surface area contributed by atoms with Gasteiger partial charge < -0.3 is 4.43 Å². The third kappa shape index (κ3) is 3.74. The molecule has 0 aliphatic heterocycles. The van der Waals surface area contributed by atoms with Gasteiger partial charge in [-0.3, -0.25) is 0 Å². The summed E-state index contributed by atoms with van der Waals surface area (Å²) in [5, 5.41) is 0.371. The molecule has 0 saturated carbocycles. The van der Waals surface area contributed by atoms with Gasteiger partial charge in [0.25, 0.3) is 0 Å². The molecule has 2 heteroatoms. The molecule has 13 heavy (non-hydrogen) atoms. The van der Waals surface area contributed by atoms with E-state index in [2.05, 4.69) is 44.2 Å². The summed E-state index contributed by atoms with van der Waals surface area (Å²) in [6, 6.07) is 10.6. The minimum absolute atomic E-state index is 0.371. The van der Waals surface area contributed by atoms with E-state index >= 15 is 0 Å². The molecule has 0 radical (unpaired) electrons. The van der Waals surface area contributed by atoms with Crippen LogP contribution < -0.4 is 0 Å². The van der Waals surface area contributed by atoms with Crippen molar-refractivity contribution in [2.45, 2.75) is 25.3 Å². The Labute approximate surface area is 83.1 Å². The van der Waals surface area contributed by atoms with Crippen molar-refractivity contribution in [3.63, 3.8) is 0 Å². The smallest absolute Gasteiger partial charge is 0.166 e. The van der Waals surface area contributed by atoms with Crippen molar-refractivity contribution in [2.24, 2.45) is 0 Å². The van der Waals surface area contributed by atoms with Crippen molar-refractivity contribution < 1.29 is 4.43 Å². The Bertz CT molecular complexity index is 244. The van der Waals surface area contributed by atoms with Crippen molar-refractivity contribution in [1.82, 2.24) is 0 Å². The highest BCUT2D eigenvalue weighted by atomic mass is 28.2. The van der Waals surface area contributed by atoms with Crippen LogP contribution in [0, 0.1) is 0 Å². The van der Waals surface area contributed by atoms with Gasteiger partial charge in [0.2, 0.25) is 0 Å². The topological polar surface area (TPSA) is 9.23 Å². The van der Waals surface area contributed by atoms with Crippen molar-refractivity contribution in [2.75, 3.05) is 7.11 Å². The summed E-state index contributed by atoms with van der Waals surface area (Å²) < 4.78 is 5.32. The Balaban J connectivity index is 2.58. The largest absolute Gasteiger partial charge is 0.427 e. The lowest BCUT2D eigenvalue weighted by Gasteiger charge is -2.22. The molecule has 72 valence electrons. The fourth-order valence-electron chi connectivity index (χ4n) is 1.59. The summed E-state index contributed by atoms with van der Waals surface area (Å²) in [4.78, 5) is 0. The molecule has 0 N–H and O–H groups in total. The normalized spacial score (nSPS) is 12.5. The standard InChI is InChI=1S/C11H18OSi/c1-11(2,13-12-3)9-10-7-5-4-6-8-10/h4-8H,9,13H2,1-3H3. The number of hydrogen-bond acceptors (Lipinski definition) is 1. The molecule has 1 rings (SSSR count). The predicted octanol–water partition coefficient (Wildman–Crippen LogP) is 2.16. The zero-order chi connectivity index (χ0) is 9.73. The first-order valence-electron chi connectivity index (χ1n) is 4.67. The average molecular weight is 194 g/mol. The second-order valence-corrected chi connectivity index (χ2v) is 7.04. The van der Waals surface area contributed by atoms with Crippen molar-refractivity contribution in [3.05, 3.63) is 35.9 Å². The van der Waals surface area contributed by atoms with E-state index in [1.54, 1.807) is 0 Å². The Hall–Kier alpha value is -0.603. The van der Waals surface area contributed by atoms with E-state index in [9.17, 15) is 0 Å². The summed E-state index contributed by atoms with van der Waals surface area (Å²) in [5.74, 6) is 0. The Morgan fingerprint density at radius 3 is 2.38 bits per heavy atom. The van der Waals surface area contributed by atoms with E-state index in [1.807, 2.05) is 7.11 Å². The zero-order valence-electron chi connectivity index (χ0n) is 8.71. The van der Waals surface area contributed by atoms with Gasteiger partial charge in [0, 0.05) is 7.11 Å². The highest BCUT2D eigenvalue weighted by Crippen LogP contribution is 2.27. The Kier molecular flexibility index (Phi) is 3.69. The van der Waals surface area contributed by atoms with Crippen molar-refractivity contribution in [3.8, 4) is 0 Å². The van der Waals surface area contributed by atoms with Gasteiger partial charge in [-0.1, -0.05) is 44.2 Å². The molecule has 0 heterocycles. The lowest BCUT2D eigenvalue weighted by Crippen LogP contribution is -2.17. The molecule has 1 nitrogen and oxygen atoms in total. The van der Waals surface area contributed by atoms with Crippen LogP contribution in [0.5, 0.6) is 0 Å². The fraction of sp³-hybridized carbons (Fsp3) is 0.455. The highest BCUT2D eigenvalue weighted by Gasteiger charge is 2.18. The lowest BCUT2D eigenvalue weighted by molar-refractivity contribution is 0.409. The van der Waals surface area contributed by atoms with Crippen LogP contribution in [0.15, 0.2) is 30.3 Å². The first-order valence-corrected chi connectivity index (χ1v) is 5.95. The molecular weight excluding hydrogens is 176 g/mol. The second-order valence-electron chi connectivity index (χ2n) is 4.26. The third-order valence-corrected chi connectivity index (χ3v) is 3.38. The molecule has 0 aliphatic carbocycles. The van der Waals surface area contributed by atoms with Gasteiger partial charge in [0.15, 0.2) is 9.76 Å². The van der Waals surface area contributed by atoms with Crippen molar-refractivity contribution >= 4 is 9.76 Å². The molecule has 0 unspecified atom stereocenters. The minimum Gasteiger partial charge on any atom is -0.427 e. The van der Waals surface area contributed by atoms with Crippen LogP contribution in [0.1, 0.15) is 19.4 Å². The van der Waals surface area contributed by atoms with Gasteiger partial charge >= 0.3 is 0 Å². The van der Waals surface area contributed by atoms with E-state index in [4.69, 9.17) is 4.43 Å². The van der Waals surface area contributed by atoms with Gasteiger partial charge in [0.1, 0.15) is 0 Å². The molecule has 0 spiro atoms. The maximum atomic E-state index is 5.32. The highest BCUT2D eigenvalue weighted by molar-refractivity contribution is 6.31. The molecule has 1 aromatic rings. The second kappa shape index (κ2) is 4.58. The molecule has 1 aromatic carbocycles. The van der Waals surface area contributed by atoms with Gasteiger partial charge in [-0.25, -0.2) is 0 Å². The Morgan fingerprint density at radius 1 is 1.23 bits per heavy atom. The molecule has 0 atom stereocenters. The SMILES string of the molecule is CO[SiH2]C(C)(C)Cc1ccccc1. The maximum Gasteiger partial charge on any atom is 0.166 e. The first kappa shape index (κ1) is 10.5. The molecule has 0 aliphatic rings. The van der Waals surface area contributed by atoms with Crippen LogP contribution >= 0.6 is 0 Å². The summed E-state index contributed by atoms with van der Waals surface area (Å²) >= 11 is 0. The van der Waals surface area contributed by atoms with Gasteiger partial charge in [-0.05, 0) is 17.0 Å². The van der Waals surface area contributed by atoms with Gasteiger partial charge in [-0.15, -0.1) is 0 Å². The molecule has 0 amide bonds. The quantitative estimate of drug-likeness (QED) is 0.667. The van der Waals surface area contributed by atoms with Crippen LogP contribution in [0.3, 0.4) is 0 Å². The van der Waals surface area contributed by atoms with Crippen LogP contribution in [0.25, 0.3) is 0 Å². The third-order valence-electron chi connectivity index (χ3n) is 2.06. The van der Waals surface area contributed by atoms with E-state index in [0.717, 1.165) is 6.42 Å². The maximum absolute atomic E-state index is 5.32. The minimum atomic E-state index is -0.394. The lowest BCUT2D eigenvalue weighted by atomic mass is 10.0. The monoisotopic (exact) mass is 194 g/mol. The van der Waals surface area contributed by atoms with Crippen molar-refractivity contribution in [1.29, 1.82) is 0 Å². The van der Waals surface area contributed by atoms with E-state index in [-0.39, 0.29) is 0 Å². The first-order chi connectivity index (χ1) is 6.14. The van der Waals surface area contributed by atoms with E-state index in [0.29, 0.717) is 5.04 Å². The molecule has 0 saturated heterocycles. The van der Waals surface area contributed by atoms with E-state index in [1.165, 1.54) is 5.56 Å². The van der Waals surface area contributed by atoms with E-state index < -0.39 is 9.76 Å². The number of benzene rings is 1.